The normalized spacial score (nSPS) is 12.9. The van der Waals surface area contributed by atoms with Crippen LogP contribution in [0, 0.1) is 12.8 Å². The molecule has 0 spiro atoms. The second kappa shape index (κ2) is 5.23. The number of nitrogens with two attached hydrogens (primary N) is 1. The smallest absolute Gasteiger partial charge is 0.237 e. The maximum absolute atomic E-state index is 11.5. The zero-order valence-corrected chi connectivity index (χ0v) is 10.1. The summed E-state index contributed by atoms with van der Waals surface area (Å²) in [6, 6.07) is -0.432. The third kappa shape index (κ3) is 3.28. The van der Waals surface area contributed by atoms with Crippen molar-refractivity contribution >= 4 is 17.2 Å². The number of nitrogens with one attached hydrogen (secondary N) is 1. The first-order valence-corrected chi connectivity index (χ1v) is 5.82. The molecular formula is C10H17N3OS. The van der Waals surface area contributed by atoms with Gasteiger partial charge in [-0.15, -0.1) is 11.3 Å². The van der Waals surface area contributed by atoms with E-state index in [1.807, 2.05) is 20.8 Å². The van der Waals surface area contributed by atoms with Crippen molar-refractivity contribution < 1.29 is 4.79 Å². The molecule has 1 amide bonds. The minimum atomic E-state index is -0.432. The van der Waals surface area contributed by atoms with Crippen molar-refractivity contribution in [3.05, 3.63) is 16.1 Å². The average molecular weight is 227 g/mol. The van der Waals surface area contributed by atoms with Gasteiger partial charge in [-0.05, 0) is 12.8 Å². The molecule has 1 rings (SSSR count). The maximum atomic E-state index is 11.5. The van der Waals surface area contributed by atoms with Crippen LogP contribution in [-0.4, -0.2) is 16.9 Å². The summed E-state index contributed by atoms with van der Waals surface area (Å²) in [6.07, 6.45) is 0. The Morgan fingerprint density at radius 1 is 1.67 bits per heavy atom. The number of aromatic nitrogens is 1. The molecule has 0 fully saturated rings. The topological polar surface area (TPSA) is 68.0 Å². The number of amides is 1. The van der Waals surface area contributed by atoms with Crippen LogP contribution in [0.3, 0.4) is 0 Å². The van der Waals surface area contributed by atoms with Crippen LogP contribution in [-0.2, 0) is 11.3 Å². The summed E-state index contributed by atoms with van der Waals surface area (Å²) in [5.74, 6) is 0.0605. The first-order valence-electron chi connectivity index (χ1n) is 4.94. The van der Waals surface area contributed by atoms with E-state index >= 15 is 0 Å². The highest BCUT2D eigenvalue weighted by Crippen LogP contribution is 2.11. The van der Waals surface area contributed by atoms with E-state index in [1.165, 1.54) is 0 Å². The third-order valence-corrected chi connectivity index (χ3v) is 3.22. The fourth-order valence-corrected chi connectivity index (χ4v) is 1.80. The Balaban J connectivity index is 2.44. The first kappa shape index (κ1) is 12.1. The summed E-state index contributed by atoms with van der Waals surface area (Å²) in [5, 5.41) is 2.81. The molecule has 0 saturated heterocycles. The van der Waals surface area contributed by atoms with Gasteiger partial charge in [0.2, 0.25) is 5.91 Å². The SMILES string of the molecule is Cc1ncsc1CNC(=O)[C@H](N)C(C)C. The Morgan fingerprint density at radius 3 is 2.80 bits per heavy atom. The van der Waals surface area contributed by atoms with Crippen molar-refractivity contribution in [1.82, 2.24) is 10.3 Å². The number of carbonyl (C=O) groups is 1. The summed E-state index contributed by atoms with van der Waals surface area (Å²) in [5.41, 5.74) is 8.46. The van der Waals surface area contributed by atoms with Gasteiger partial charge in [0.25, 0.3) is 0 Å². The molecule has 1 atom stereocenters. The van der Waals surface area contributed by atoms with Gasteiger partial charge in [0.1, 0.15) is 0 Å². The molecule has 0 aliphatic rings. The van der Waals surface area contributed by atoms with Crippen LogP contribution >= 0.6 is 11.3 Å². The largest absolute Gasteiger partial charge is 0.350 e. The third-order valence-electron chi connectivity index (χ3n) is 2.29. The van der Waals surface area contributed by atoms with Crippen LogP contribution in [0.2, 0.25) is 0 Å². The summed E-state index contributed by atoms with van der Waals surface area (Å²) in [7, 11) is 0. The van der Waals surface area contributed by atoms with E-state index in [0.717, 1.165) is 10.6 Å². The average Bonchev–Trinajstić information content (AvgIpc) is 2.59. The molecular weight excluding hydrogens is 210 g/mol. The van der Waals surface area contributed by atoms with Crippen LogP contribution in [0.5, 0.6) is 0 Å². The van der Waals surface area contributed by atoms with Crippen molar-refractivity contribution in [2.24, 2.45) is 11.7 Å². The fourth-order valence-electron chi connectivity index (χ4n) is 1.08. The van der Waals surface area contributed by atoms with E-state index in [4.69, 9.17) is 5.73 Å². The molecule has 0 unspecified atom stereocenters. The molecule has 0 radical (unpaired) electrons. The highest BCUT2D eigenvalue weighted by molar-refractivity contribution is 7.09. The Kier molecular flexibility index (Phi) is 4.23. The van der Waals surface area contributed by atoms with Crippen LogP contribution in [0.15, 0.2) is 5.51 Å². The summed E-state index contributed by atoms with van der Waals surface area (Å²) < 4.78 is 0. The van der Waals surface area contributed by atoms with Gasteiger partial charge in [0.05, 0.1) is 23.8 Å². The second-order valence-corrected chi connectivity index (χ2v) is 4.79. The molecule has 5 heteroatoms. The summed E-state index contributed by atoms with van der Waals surface area (Å²) in [4.78, 5) is 16.7. The summed E-state index contributed by atoms with van der Waals surface area (Å²) >= 11 is 1.54. The highest BCUT2D eigenvalue weighted by Gasteiger charge is 2.16. The van der Waals surface area contributed by atoms with E-state index in [9.17, 15) is 4.79 Å². The van der Waals surface area contributed by atoms with Gasteiger partial charge in [-0.3, -0.25) is 4.79 Å². The molecule has 1 aromatic rings. The number of aryl methyl sites for hydroxylation is 1. The maximum Gasteiger partial charge on any atom is 0.237 e. The summed E-state index contributed by atoms with van der Waals surface area (Å²) in [6.45, 7) is 6.32. The lowest BCUT2D eigenvalue weighted by Crippen LogP contribution is -2.43. The molecule has 15 heavy (non-hydrogen) atoms. The van der Waals surface area contributed by atoms with Gasteiger partial charge in [0.15, 0.2) is 0 Å². The monoisotopic (exact) mass is 227 g/mol. The molecule has 0 aliphatic heterocycles. The lowest BCUT2D eigenvalue weighted by atomic mass is 10.1. The minimum absolute atomic E-state index is 0.0993. The van der Waals surface area contributed by atoms with Gasteiger partial charge in [-0.25, -0.2) is 4.98 Å². The Hall–Kier alpha value is -0.940. The molecule has 4 nitrogen and oxygen atoms in total. The number of hydrogen-bond acceptors (Lipinski definition) is 4. The molecule has 3 N–H and O–H groups in total. The quantitative estimate of drug-likeness (QED) is 0.808. The lowest BCUT2D eigenvalue weighted by molar-refractivity contribution is -0.123. The van der Waals surface area contributed by atoms with E-state index in [2.05, 4.69) is 10.3 Å². The minimum Gasteiger partial charge on any atom is -0.350 e. The number of carbonyl (C=O) groups excluding carboxylic acids is 1. The van der Waals surface area contributed by atoms with E-state index in [1.54, 1.807) is 16.8 Å². The number of rotatable bonds is 4. The first-order chi connectivity index (χ1) is 7.02. The highest BCUT2D eigenvalue weighted by atomic mass is 32.1. The number of nitrogens with zero attached hydrogens (tertiary/aromatic N) is 1. The van der Waals surface area contributed by atoms with Gasteiger partial charge in [-0.2, -0.15) is 0 Å². The standard InChI is InChI=1S/C10H17N3OS/c1-6(2)9(11)10(14)12-4-8-7(3)13-5-15-8/h5-6,9H,4,11H2,1-3H3,(H,12,14)/t9-/m1/s1. The van der Waals surface area contributed by atoms with Crippen molar-refractivity contribution in [1.29, 1.82) is 0 Å². The van der Waals surface area contributed by atoms with Crippen LogP contribution in [0.4, 0.5) is 0 Å². The Labute approximate surface area is 93.9 Å². The lowest BCUT2D eigenvalue weighted by Gasteiger charge is -2.14. The van der Waals surface area contributed by atoms with Crippen molar-refractivity contribution in [3.63, 3.8) is 0 Å². The number of hydrogen-bond donors (Lipinski definition) is 2. The van der Waals surface area contributed by atoms with Gasteiger partial charge >= 0.3 is 0 Å². The van der Waals surface area contributed by atoms with Gasteiger partial charge < -0.3 is 11.1 Å². The van der Waals surface area contributed by atoms with Gasteiger partial charge in [0, 0.05) is 4.88 Å². The van der Waals surface area contributed by atoms with Crippen molar-refractivity contribution in [2.75, 3.05) is 0 Å². The fraction of sp³-hybridized carbons (Fsp3) is 0.600. The zero-order valence-electron chi connectivity index (χ0n) is 9.28. The molecule has 0 bridgehead atoms. The van der Waals surface area contributed by atoms with Crippen molar-refractivity contribution in [3.8, 4) is 0 Å². The Bertz CT molecular complexity index is 335. The molecule has 0 aromatic carbocycles. The predicted molar refractivity (Wildman–Crippen MR) is 61.5 cm³/mol. The van der Waals surface area contributed by atoms with Crippen LogP contribution in [0.25, 0.3) is 0 Å². The van der Waals surface area contributed by atoms with E-state index < -0.39 is 6.04 Å². The van der Waals surface area contributed by atoms with E-state index in [0.29, 0.717) is 6.54 Å². The predicted octanol–water partition coefficient (Wildman–Crippen LogP) is 1.05. The Morgan fingerprint density at radius 2 is 2.33 bits per heavy atom. The molecule has 1 heterocycles. The molecule has 1 aromatic heterocycles. The van der Waals surface area contributed by atoms with Crippen LogP contribution < -0.4 is 11.1 Å². The molecule has 0 aliphatic carbocycles. The molecule has 0 saturated carbocycles. The zero-order chi connectivity index (χ0) is 11.4. The van der Waals surface area contributed by atoms with Crippen LogP contribution in [0.1, 0.15) is 24.4 Å². The number of thiazole rings is 1. The molecule has 84 valence electrons. The van der Waals surface area contributed by atoms with Crippen molar-refractivity contribution in [2.45, 2.75) is 33.4 Å². The second-order valence-electron chi connectivity index (χ2n) is 3.85. The van der Waals surface area contributed by atoms with Gasteiger partial charge in [-0.1, -0.05) is 13.8 Å². The van der Waals surface area contributed by atoms with E-state index in [-0.39, 0.29) is 11.8 Å².